The van der Waals surface area contributed by atoms with Gasteiger partial charge < -0.3 is 25.2 Å². The number of amides is 2. The number of fused-ring (bicyclic) bond motifs is 3. The van der Waals surface area contributed by atoms with E-state index < -0.39 is 29.6 Å². The molecule has 2 aromatic rings. The molecule has 2 amide bonds. The summed E-state index contributed by atoms with van der Waals surface area (Å²) in [6.07, 6.45) is 1.58. The van der Waals surface area contributed by atoms with Gasteiger partial charge in [-0.2, -0.15) is 0 Å². The summed E-state index contributed by atoms with van der Waals surface area (Å²) in [7, 11) is 0. The number of nitrogens with one attached hydrogen (secondary N) is 2. The lowest BCUT2D eigenvalue weighted by atomic mass is 9.89. The van der Waals surface area contributed by atoms with E-state index in [0.717, 1.165) is 28.7 Å². The number of hydrogen-bond acceptors (Lipinski definition) is 5. The van der Waals surface area contributed by atoms with Gasteiger partial charge in [0.05, 0.1) is 0 Å². The Balaban J connectivity index is 1.42. The molecule has 0 aromatic heterocycles. The summed E-state index contributed by atoms with van der Waals surface area (Å²) in [5.41, 5.74) is 3.08. The van der Waals surface area contributed by atoms with Crippen LogP contribution in [0.3, 0.4) is 0 Å². The van der Waals surface area contributed by atoms with Crippen molar-refractivity contribution in [2.45, 2.75) is 56.5 Å². The van der Waals surface area contributed by atoms with Crippen LogP contribution in [-0.4, -0.2) is 54.5 Å². The molecule has 3 N–H and O–H groups in total. The number of aliphatic carboxylic acids is 1. The van der Waals surface area contributed by atoms with Crippen molar-refractivity contribution in [2.24, 2.45) is 0 Å². The Kier molecular flexibility index (Phi) is 7.70. The Bertz CT molecular complexity index is 1030. The molecule has 0 spiro atoms. The third-order valence-corrected chi connectivity index (χ3v) is 6.92. The number of carboxylic acid groups (broad SMARTS) is 1. The first-order valence-electron chi connectivity index (χ1n) is 12.2. The van der Waals surface area contributed by atoms with E-state index in [2.05, 4.69) is 22.8 Å². The smallest absolute Gasteiger partial charge is 0.407 e. The van der Waals surface area contributed by atoms with Crippen molar-refractivity contribution in [1.82, 2.24) is 10.6 Å². The van der Waals surface area contributed by atoms with Crippen LogP contribution < -0.4 is 10.6 Å². The molecule has 186 valence electrons. The number of benzene rings is 2. The van der Waals surface area contributed by atoms with Gasteiger partial charge in [0, 0.05) is 32.0 Å². The van der Waals surface area contributed by atoms with Crippen molar-refractivity contribution in [3.63, 3.8) is 0 Å². The summed E-state index contributed by atoms with van der Waals surface area (Å²) < 4.78 is 10.9. The van der Waals surface area contributed by atoms with Crippen LogP contribution in [0.4, 0.5) is 4.79 Å². The van der Waals surface area contributed by atoms with E-state index in [1.807, 2.05) is 43.3 Å². The summed E-state index contributed by atoms with van der Waals surface area (Å²) in [5, 5.41) is 15.1. The number of carbonyl (C=O) groups is 3. The third-order valence-electron chi connectivity index (χ3n) is 6.92. The molecule has 1 aliphatic carbocycles. The average molecular weight is 481 g/mol. The highest BCUT2D eigenvalue weighted by Gasteiger charge is 2.43. The summed E-state index contributed by atoms with van der Waals surface area (Å²) in [4.78, 5) is 37.8. The lowest BCUT2D eigenvalue weighted by Gasteiger charge is -2.35. The summed E-state index contributed by atoms with van der Waals surface area (Å²) >= 11 is 0. The van der Waals surface area contributed by atoms with Crippen LogP contribution in [0, 0.1) is 0 Å². The van der Waals surface area contributed by atoms with E-state index in [9.17, 15) is 19.5 Å². The Morgan fingerprint density at radius 3 is 2.23 bits per heavy atom. The van der Waals surface area contributed by atoms with Gasteiger partial charge in [-0.25, -0.2) is 9.59 Å². The summed E-state index contributed by atoms with van der Waals surface area (Å²) in [6, 6.07) is 15.2. The molecule has 35 heavy (non-hydrogen) atoms. The zero-order valence-corrected chi connectivity index (χ0v) is 19.9. The topological polar surface area (TPSA) is 114 Å². The van der Waals surface area contributed by atoms with Crippen molar-refractivity contribution in [1.29, 1.82) is 0 Å². The van der Waals surface area contributed by atoms with Crippen molar-refractivity contribution in [2.75, 3.05) is 19.8 Å². The van der Waals surface area contributed by atoms with Gasteiger partial charge in [-0.05, 0) is 28.7 Å². The van der Waals surface area contributed by atoms with Crippen molar-refractivity contribution in [3.05, 3.63) is 59.7 Å². The predicted octanol–water partition coefficient (Wildman–Crippen LogP) is 3.83. The third kappa shape index (κ3) is 5.32. The second kappa shape index (κ2) is 10.9. The first-order valence-corrected chi connectivity index (χ1v) is 12.2. The Labute approximate surface area is 205 Å². The van der Waals surface area contributed by atoms with Crippen LogP contribution in [0.2, 0.25) is 0 Å². The molecule has 2 aromatic carbocycles. The number of rotatable bonds is 9. The maximum Gasteiger partial charge on any atom is 0.407 e. The Morgan fingerprint density at radius 2 is 1.66 bits per heavy atom. The molecule has 8 nitrogen and oxygen atoms in total. The standard InChI is InChI=1S/C27H32N2O6/c1-2-3-12-23(24(30)29-27(25(31)32)13-15-34-16-14-27)28-26(33)35-17-22-20-10-6-4-8-18(20)19-9-5-7-11-21(19)22/h4-11,22-23H,2-3,12-17H2,1H3,(H,28,33)(H,29,30)(H,31,32). The molecule has 4 rings (SSSR count). The fourth-order valence-electron chi connectivity index (χ4n) is 4.89. The molecular weight excluding hydrogens is 448 g/mol. The fourth-order valence-corrected chi connectivity index (χ4v) is 4.89. The minimum atomic E-state index is -1.39. The predicted molar refractivity (Wildman–Crippen MR) is 130 cm³/mol. The molecular formula is C27H32N2O6. The maximum absolute atomic E-state index is 13.1. The number of alkyl carbamates (subject to hydrolysis) is 1. The maximum atomic E-state index is 13.1. The van der Waals surface area contributed by atoms with Crippen LogP contribution in [0.5, 0.6) is 0 Å². The van der Waals surface area contributed by atoms with E-state index >= 15 is 0 Å². The van der Waals surface area contributed by atoms with Gasteiger partial charge in [0.15, 0.2) is 0 Å². The molecule has 1 heterocycles. The molecule has 1 unspecified atom stereocenters. The first-order chi connectivity index (χ1) is 16.9. The van der Waals surface area contributed by atoms with Crippen LogP contribution in [0.15, 0.2) is 48.5 Å². The number of hydrogen-bond donors (Lipinski definition) is 3. The molecule has 1 atom stereocenters. The van der Waals surface area contributed by atoms with Crippen LogP contribution >= 0.6 is 0 Å². The van der Waals surface area contributed by atoms with Gasteiger partial charge in [-0.3, -0.25) is 4.79 Å². The largest absolute Gasteiger partial charge is 0.480 e. The van der Waals surface area contributed by atoms with E-state index in [1.165, 1.54) is 0 Å². The fraction of sp³-hybridized carbons (Fsp3) is 0.444. The lowest BCUT2D eigenvalue weighted by molar-refractivity contribution is -0.152. The Hall–Kier alpha value is -3.39. The van der Waals surface area contributed by atoms with Crippen LogP contribution in [0.1, 0.15) is 56.1 Å². The van der Waals surface area contributed by atoms with E-state index in [0.29, 0.717) is 12.8 Å². The number of carbonyl (C=O) groups excluding carboxylic acids is 2. The van der Waals surface area contributed by atoms with E-state index in [-0.39, 0.29) is 38.6 Å². The van der Waals surface area contributed by atoms with Gasteiger partial charge in [0.1, 0.15) is 18.2 Å². The van der Waals surface area contributed by atoms with Crippen LogP contribution in [-0.2, 0) is 19.1 Å². The van der Waals surface area contributed by atoms with Gasteiger partial charge >= 0.3 is 12.1 Å². The van der Waals surface area contributed by atoms with Gasteiger partial charge in [0.25, 0.3) is 0 Å². The van der Waals surface area contributed by atoms with Crippen molar-refractivity contribution < 1.29 is 29.0 Å². The molecule has 2 aliphatic rings. The minimum absolute atomic E-state index is 0.0893. The van der Waals surface area contributed by atoms with Crippen molar-refractivity contribution in [3.8, 4) is 11.1 Å². The van der Waals surface area contributed by atoms with Crippen molar-refractivity contribution >= 4 is 18.0 Å². The minimum Gasteiger partial charge on any atom is -0.480 e. The molecule has 0 radical (unpaired) electrons. The first kappa shape index (κ1) is 24.7. The Morgan fingerprint density at radius 1 is 1.06 bits per heavy atom. The summed E-state index contributed by atoms with van der Waals surface area (Å²) in [6.45, 7) is 2.63. The van der Waals surface area contributed by atoms with E-state index in [1.54, 1.807) is 0 Å². The normalized spacial score (nSPS) is 17.1. The number of unbranched alkanes of at least 4 members (excludes halogenated alkanes) is 1. The number of carboxylic acids is 1. The second-order valence-corrected chi connectivity index (χ2v) is 9.15. The molecule has 0 saturated carbocycles. The SMILES string of the molecule is CCCCC(NC(=O)OCC1c2ccccc2-c2ccccc21)C(=O)NC1(C(=O)O)CCOCC1. The second-order valence-electron chi connectivity index (χ2n) is 9.15. The van der Waals surface area contributed by atoms with Crippen LogP contribution in [0.25, 0.3) is 11.1 Å². The van der Waals surface area contributed by atoms with Gasteiger partial charge in [0.2, 0.25) is 5.91 Å². The molecule has 1 fully saturated rings. The lowest BCUT2D eigenvalue weighted by Crippen LogP contribution is -2.61. The number of ether oxygens (including phenoxy) is 2. The zero-order valence-electron chi connectivity index (χ0n) is 19.9. The quantitative estimate of drug-likeness (QED) is 0.503. The highest BCUT2D eigenvalue weighted by Crippen LogP contribution is 2.44. The zero-order chi connectivity index (χ0) is 24.8. The summed E-state index contributed by atoms with van der Waals surface area (Å²) in [5.74, 6) is -1.70. The van der Waals surface area contributed by atoms with E-state index in [4.69, 9.17) is 9.47 Å². The van der Waals surface area contributed by atoms with Gasteiger partial charge in [-0.1, -0.05) is 68.3 Å². The average Bonchev–Trinajstić information content (AvgIpc) is 3.19. The monoisotopic (exact) mass is 480 g/mol. The highest BCUT2D eigenvalue weighted by atomic mass is 16.5. The molecule has 0 bridgehead atoms. The molecule has 1 saturated heterocycles. The highest BCUT2D eigenvalue weighted by molar-refractivity contribution is 5.91. The molecule has 8 heteroatoms. The van der Waals surface area contributed by atoms with Gasteiger partial charge in [-0.15, -0.1) is 0 Å². The molecule has 1 aliphatic heterocycles.